The fourth-order valence-electron chi connectivity index (χ4n) is 1.91. The molecular formula is C13H15ClN2O2. The first-order valence-corrected chi connectivity index (χ1v) is 6.16. The van der Waals surface area contributed by atoms with Crippen LogP contribution in [0.3, 0.4) is 0 Å². The average molecular weight is 267 g/mol. The van der Waals surface area contributed by atoms with Crippen LogP contribution in [-0.4, -0.2) is 28.7 Å². The van der Waals surface area contributed by atoms with E-state index in [9.17, 15) is 4.79 Å². The predicted molar refractivity (Wildman–Crippen MR) is 72.0 cm³/mol. The Morgan fingerprint density at radius 2 is 2.28 bits per heavy atom. The molecule has 5 heteroatoms. The van der Waals surface area contributed by atoms with Crippen molar-refractivity contribution >= 4 is 28.4 Å². The minimum atomic E-state index is -0.154. The van der Waals surface area contributed by atoms with Crippen LogP contribution in [0.1, 0.15) is 16.9 Å². The van der Waals surface area contributed by atoms with E-state index in [0.717, 1.165) is 10.9 Å². The van der Waals surface area contributed by atoms with E-state index in [-0.39, 0.29) is 12.5 Å². The lowest BCUT2D eigenvalue weighted by Gasteiger charge is -2.05. The smallest absolute Gasteiger partial charge is 0.267 e. The topological polar surface area (TPSA) is 54.3 Å². The van der Waals surface area contributed by atoms with Crippen molar-refractivity contribution in [2.24, 2.45) is 7.05 Å². The Bertz CT molecular complexity index is 578. The molecule has 0 saturated carbocycles. The van der Waals surface area contributed by atoms with Gasteiger partial charge >= 0.3 is 0 Å². The van der Waals surface area contributed by atoms with Crippen molar-refractivity contribution in [1.82, 2.24) is 9.88 Å². The molecule has 0 aliphatic rings. The fraction of sp³-hybridized carbons (Fsp3) is 0.308. The highest BCUT2D eigenvalue weighted by Gasteiger charge is 2.13. The number of benzene rings is 1. The Morgan fingerprint density at radius 1 is 1.50 bits per heavy atom. The summed E-state index contributed by atoms with van der Waals surface area (Å²) < 4.78 is 1.81. The second-order valence-corrected chi connectivity index (χ2v) is 4.50. The Balaban J connectivity index is 2.31. The standard InChI is InChI=1S/C13H15ClN2O2/c1-16-11-5-2-4-10(14)9(11)8-12(16)13(18)15-6-3-7-17/h2,4-5,8,17H,3,6-7H2,1H3,(H,15,18). The van der Waals surface area contributed by atoms with E-state index >= 15 is 0 Å². The molecule has 0 aliphatic carbocycles. The van der Waals surface area contributed by atoms with Crippen LogP contribution >= 0.6 is 11.6 Å². The number of fused-ring (bicyclic) bond motifs is 1. The van der Waals surface area contributed by atoms with Gasteiger partial charge in [0.2, 0.25) is 0 Å². The van der Waals surface area contributed by atoms with Crippen LogP contribution in [0.4, 0.5) is 0 Å². The average Bonchev–Trinajstić information content (AvgIpc) is 2.69. The molecule has 2 aromatic rings. The largest absolute Gasteiger partial charge is 0.396 e. The van der Waals surface area contributed by atoms with Gasteiger partial charge in [0.05, 0.1) is 0 Å². The van der Waals surface area contributed by atoms with E-state index in [0.29, 0.717) is 23.7 Å². The Kier molecular flexibility index (Phi) is 3.89. The Morgan fingerprint density at radius 3 is 2.94 bits per heavy atom. The lowest BCUT2D eigenvalue weighted by Crippen LogP contribution is -2.26. The van der Waals surface area contributed by atoms with Gasteiger partial charge in [-0.1, -0.05) is 17.7 Å². The third kappa shape index (κ3) is 2.35. The highest BCUT2D eigenvalue weighted by Crippen LogP contribution is 2.26. The zero-order valence-electron chi connectivity index (χ0n) is 10.1. The molecule has 0 unspecified atom stereocenters. The van der Waals surface area contributed by atoms with Gasteiger partial charge < -0.3 is 15.0 Å². The molecule has 96 valence electrons. The number of nitrogens with zero attached hydrogens (tertiary/aromatic N) is 1. The van der Waals surface area contributed by atoms with Crippen molar-refractivity contribution in [3.63, 3.8) is 0 Å². The van der Waals surface area contributed by atoms with Gasteiger partial charge in [0.25, 0.3) is 5.91 Å². The zero-order chi connectivity index (χ0) is 13.1. The summed E-state index contributed by atoms with van der Waals surface area (Å²) in [5.41, 5.74) is 1.49. The van der Waals surface area contributed by atoms with Gasteiger partial charge in [-0.05, 0) is 24.6 Å². The summed E-state index contributed by atoms with van der Waals surface area (Å²) in [6, 6.07) is 7.37. The Hall–Kier alpha value is -1.52. The van der Waals surface area contributed by atoms with Crippen LogP contribution in [-0.2, 0) is 7.05 Å². The molecule has 1 heterocycles. The number of amides is 1. The number of rotatable bonds is 4. The molecule has 2 rings (SSSR count). The summed E-state index contributed by atoms with van der Waals surface area (Å²) in [5.74, 6) is -0.154. The van der Waals surface area contributed by atoms with Crippen LogP contribution in [0.15, 0.2) is 24.3 Å². The summed E-state index contributed by atoms with van der Waals surface area (Å²) in [7, 11) is 1.83. The number of aromatic nitrogens is 1. The van der Waals surface area contributed by atoms with Gasteiger partial charge in [0, 0.05) is 36.1 Å². The fourth-order valence-corrected chi connectivity index (χ4v) is 2.14. The van der Waals surface area contributed by atoms with Crippen molar-refractivity contribution in [3.8, 4) is 0 Å². The zero-order valence-corrected chi connectivity index (χ0v) is 10.9. The lowest BCUT2D eigenvalue weighted by molar-refractivity contribution is 0.0943. The van der Waals surface area contributed by atoms with Gasteiger partial charge in [0.15, 0.2) is 0 Å². The van der Waals surface area contributed by atoms with Crippen LogP contribution in [0.2, 0.25) is 5.02 Å². The maximum atomic E-state index is 12.0. The summed E-state index contributed by atoms with van der Waals surface area (Å²) in [6.45, 7) is 0.534. The van der Waals surface area contributed by atoms with Crippen molar-refractivity contribution in [1.29, 1.82) is 0 Å². The first-order chi connectivity index (χ1) is 8.65. The number of aliphatic hydroxyl groups excluding tert-OH is 1. The van der Waals surface area contributed by atoms with E-state index < -0.39 is 0 Å². The third-order valence-corrected chi connectivity index (χ3v) is 3.22. The quantitative estimate of drug-likeness (QED) is 0.831. The second-order valence-electron chi connectivity index (χ2n) is 4.09. The van der Waals surface area contributed by atoms with Crippen LogP contribution in [0, 0.1) is 0 Å². The first kappa shape index (κ1) is 12.9. The molecule has 4 nitrogen and oxygen atoms in total. The molecule has 1 aromatic carbocycles. The van der Waals surface area contributed by atoms with Crippen LogP contribution < -0.4 is 5.32 Å². The summed E-state index contributed by atoms with van der Waals surface area (Å²) in [4.78, 5) is 12.0. The molecular weight excluding hydrogens is 252 g/mol. The second kappa shape index (κ2) is 5.42. The molecule has 18 heavy (non-hydrogen) atoms. The van der Waals surface area contributed by atoms with Gasteiger partial charge in [-0.2, -0.15) is 0 Å². The monoisotopic (exact) mass is 266 g/mol. The first-order valence-electron chi connectivity index (χ1n) is 5.78. The molecule has 0 fully saturated rings. The number of aliphatic hydroxyl groups is 1. The van der Waals surface area contributed by atoms with E-state index in [4.69, 9.17) is 16.7 Å². The summed E-state index contributed by atoms with van der Waals surface area (Å²) in [5, 5.41) is 12.9. The maximum absolute atomic E-state index is 12.0. The van der Waals surface area contributed by atoms with E-state index in [1.165, 1.54) is 0 Å². The van der Waals surface area contributed by atoms with Crippen molar-refractivity contribution in [3.05, 3.63) is 35.0 Å². The normalized spacial score (nSPS) is 10.8. The van der Waals surface area contributed by atoms with E-state index in [2.05, 4.69) is 5.32 Å². The molecule has 0 bridgehead atoms. The van der Waals surface area contributed by atoms with Crippen LogP contribution in [0.5, 0.6) is 0 Å². The van der Waals surface area contributed by atoms with Crippen molar-refractivity contribution in [2.75, 3.05) is 13.2 Å². The number of carbonyl (C=O) groups excluding carboxylic acids is 1. The SMILES string of the molecule is Cn1c(C(=O)NCCCO)cc2c(Cl)cccc21. The molecule has 1 amide bonds. The van der Waals surface area contributed by atoms with Crippen LogP contribution in [0.25, 0.3) is 10.9 Å². The van der Waals surface area contributed by atoms with Crippen molar-refractivity contribution in [2.45, 2.75) is 6.42 Å². The minimum absolute atomic E-state index is 0.0707. The molecule has 0 radical (unpaired) electrons. The molecule has 0 aliphatic heterocycles. The molecule has 2 N–H and O–H groups in total. The molecule has 0 saturated heterocycles. The summed E-state index contributed by atoms with van der Waals surface area (Å²) >= 11 is 6.10. The predicted octanol–water partition coefficient (Wildman–Crippen LogP) is 1.94. The molecule has 0 atom stereocenters. The third-order valence-electron chi connectivity index (χ3n) is 2.89. The lowest BCUT2D eigenvalue weighted by atomic mass is 10.2. The Labute approximate surface area is 110 Å². The summed E-state index contributed by atoms with van der Waals surface area (Å²) in [6.07, 6.45) is 0.552. The number of nitrogens with one attached hydrogen (secondary N) is 1. The highest BCUT2D eigenvalue weighted by molar-refractivity contribution is 6.35. The molecule has 1 aromatic heterocycles. The van der Waals surface area contributed by atoms with Crippen molar-refractivity contribution < 1.29 is 9.90 Å². The molecule has 0 spiro atoms. The number of carbonyl (C=O) groups is 1. The minimum Gasteiger partial charge on any atom is -0.396 e. The highest BCUT2D eigenvalue weighted by atomic mass is 35.5. The van der Waals surface area contributed by atoms with Gasteiger partial charge in [0.1, 0.15) is 5.69 Å². The number of hydrogen-bond acceptors (Lipinski definition) is 2. The van der Waals surface area contributed by atoms with E-state index in [1.807, 2.05) is 23.7 Å². The van der Waals surface area contributed by atoms with Gasteiger partial charge in [-0.25, -0.2) is 0 Å². The number of aryl methyl sites for hydroxylation is 1. The van der Waals surface area contributed by atoms with E-state index in [1.54, 1.807) is 12.1 Å². The maximum Gasteiger partial charge on any atom is 0.267 e. The number of halogens is 1. The number of hydrogen-bond donors (Lipinski definition) is 2. The van der Waals surface area contributed by atoms with Gasteiger partial charge in [-0.15, -0.1) is 0 Å². The van der Waals surface area contributed by atoms with Gasteiger partial charge in [-0.3, -0.25) is 4.79 Å².